The van der Waals surface area contributed by atoms with E-state index in [4.69, 9.17) is 20.3 Å². The fourth-order valence-corrected chi connectivity index (χ4v) is 3.37. The van der Waals surface area contributed by atoms with Gasteiger partial charge in [0.25, 0.3) is 5.91 Å². The molecule has 6 heteroatoms. The Kier molecular flexibility index (Phi) is 5.30. The summed E-state index contributed by atoms with van der Waals surface area (Å²) in [5, 5.41) is 11.1. The van der Waals surface area contributed by atoms with Gasteiger partial charge < -0.3 is 20.3 Å². The van der Waals surface area contributed by atoms with E-state index in [-0.39, 0.29) is 18.3 Å². The van der Waals surface area contributed by atoms with E-state index < -0.39 is 12.2 Å². The zero-order valence-electron chi connectivity index (χ0n) is 13.1. The Hall–Kier alpha value is -2.15. The molecule has 2 aromatic rings. The Bertz CT molecular complexity index is 709. The van der Waals surface area contributed by atoms with Crippen molar-refractivity contribution in [2.45, 2.75) is 31.8 Å². The van der Waals surface area contributed by atoms with Gasteiger partial charge in [-0.3, -0.25) is 4.79 Å². The van der Waals surface area contributed by atoms with Crippen LogP contribution in [0, 0.1) is 0 Å². The number of aliphatic hydroxyl groups excluding tert-OH is 1. The minimum absolute atomic E-state index is 0.0160. The third-order valence-electron chi connectivity index (χ3n) is 3.85. The van der Waals surface area contributed by atoms with Gasteiger partial charge in [-0.15, -0.1) is 11.3 Å². The monoisotopic (exact) mass is 345 g/mol. The maximum atomic E-state index is 11.5. The van der Waals surface area contributed by atoms with Gasteiger partial charge in [0, 0.05) is 17.2 Å². The SMILES string of the molecule is NC(=O)C1=C[C@@H](c2cccs2)C[C@@H](OCc2ccc(CO)cc2)O1. The van der Waals surface area contributed by atoms with E-state index in [1.54, 1.807) is 17.4 Å². The van der Waals surface area contributed by atoms with E-state index in [0.29, 0.717) is 13.0 Å². The van der Waals surface area contributed by atoms with Crippen molar-refractivity contribution in [2.24, 2.45) is 5.73 Å². The second kappa shape index (κ2) is 7.61. The highest BCUT2D eigenvalue weighted by Crippen LogP contribution is 2.33. The molecule has 0 saturated carbocycles. The number of aliphatic hydroxyl groups is 1. The number of benzene rings is 1. The Morgan fingerprint density at radius 3 is 2.67 bits per heavy atom. The van der Waals surface area contributed by atoms with Crippen molar-refractivity contribution >= 4 is 17.2 Å². The van der Waals surface area contributed by atoms with Crippen LogP contribution >= 0.6 is 11.3 Å². The number of carbonyl (C=O) groups is 1. The molecule has 5 nitrogen and oxygen atoms in total. The lowest BCUT2D eigenvalue weighted by Gasteiger charge is -2.28. The number of ether oxygens (including phenoxy) is 2. The Balaban J connectivity index is 1.66. The Morgan fingerprint density at radius 1 is 1.29 bits per heavy atom. The van der Waals surface area contributed by atoms with E-state index >= 15 is 0 Å². The van der Waals surface area contributed by atoms with Gasteiger partial charge in [0.1, 0.15) is 0 Å². The summed E-state index contributed by atoms with van der Waals surface area (Å²) in [4.78, 5) is 12.7. The first kappa shape index (κ1) is 16.7. The molecule has 1 aliphatic rings. The second-order valence-corrected chi connectivity index (χ2v) is 6.57. The normalized spacial score (nSPS) is 20.3. The molecule has 1 amide bonds. The molecule has 0 aliphatic carbocycles. The highest BCUT2D eigenvalue weighted by Gasteiger charge is 2.28. The van der Waals surface area contributed by atoms with Crippen molar-refractivity contribution in [2.75, 3.05) is 0 Å². The number of allylic oxidation sites excluding steroid dienone is 1. The molecule has 24 heavy (non-hydrogen) atoms. The van der Waals surface area contributed by atoms with Crippen LogP contribution in [0.4, 0.5) is 0 Å². The van der Waals surface area contributed by atoms with Crippen molar-refractivity contribution in [1.29, 1.82) is 0 Å². The smallest absolute Gasteiger partial charge is 0.283 e. The summed E-state index contributed by atoms with van der Waals surface area (Å²) in [7, 11) is 0. The molecular weight excluding hydrogens is 326 g/mol. The summed E-state index contributed by atoms with van der Waals surface area (Å²) in [6.07, 6.45) is 1.87. The van der Waals surface area contributed by atoms with Crippen LogP contribution in [0.2, 0.25) is 0 Å². The number of thiophene rings is 1. The third kappa shape index (κ3) is 4.03. The van der Waals surface area contributed by atoms with E-state index in [2.05, 4.69) is 0 Å². The van der Waals surface area contributed by atoms with Gasteiger partial charge in [-0.2, -0.15) is 0 Å². The quantitative estimate of drug-likeness (QED) is 0.843. The summed E-state index contributed by atoms with van der Waals surface area (Å²) in [5.41, 5.74) is 7.20. The van der Waals surface area contributed by atoms with Gasteiger partial charge in [-0.05, 0) is 28.6 Å². The number of amides is 1. The maximum Gasteiger partial charge on any atom is 0.283 e. The topological polar surface area (TPSA) is 81.8 Å². The van der Waals surface area contributed by atoms with Crippen LogP contribution in [0.25, 0.3) is 0 Å². The summed E-state index contributed by atoms with van der Waals surface area (Å²) >= 11 is 1.63. The van der Waals surface area contributed by atoms with E-state index in [0.717, 1.165) is 16.0 Å². The molecule has 1 aromatic heterocycles. The molecule has 1 aromatic carbocycles. The lowest BCUT2D eigenvalue weighted by Crippen LogP contribution is -2.29. The zero-order chi connectivity index (χ0) is 16.9. The fourth-order valence-electron chi connectivity index (χ4n) is 2.56. The van der Waals surface area contributed by atoms with Crippen molar-refractivity contribution in [1.82, 2.24) is 0 Å². The van der Waals surface area contributed by atoms with Crippen molar-refractivity contribution < 1.29 is 19.4 Å². The maximum absolute atomic E-state index is 11.5. The predicted octanol–water partition coefficient (Wildman–Crippen LogP) is 2.66. The lowest BCUT2D eigenvalue weighted by molar-refractivity contribution is -0.148. The van der Waals surface area contributed by atoms with Crippen molar-refractivity contribution in [3.8, 4) is 0 Å². The van der Waals surface area contributed by atoms with Crippen LogP contribution in [-0.4, -0.2) is 17.3 Å². The number of carbonyl (C=O) groups excluding carboxylic acids is 1. The standard InChI is InChI=1S/C18H19NO4S/c19-18(21)15-8-14(16-2-1-7-24-16)9-17(23-15)22-11-13-5-3-12(10-20)4-6-13/h1-8,14,17,20H,9-11H2,(H2,19,21)/t14-,17+/m1/s1. The minimum atomic E-state index is -0.586. The van der Waals surface area contributed by atoms with Crippen LogP contribution in [0.3, 0.4) is 0 Å². The largest absolute Gasteiger partial charge is 0.459 e. The molecule has 2 atom stereocenters. The lowest BCUT2D eigenvalue weighted by atomic mass is 10.00. The van der Waals surface area contributed by atoms with Gasteiger partial charge in [0.05, 0.1) is 13.2 Å². The first-order chi connectivity index (χ1) is 11.7. The highest BCUT2D eigenvalue weighted by atomic mass is 32.1. The molecule has 0 saturated heterocycles. The van der Waals surface area contributed by atoms with Gasteiger partial charge in [0.2, 0.25) is 6.29 Å². The van der Waals surface area contributed by atoms with Gasteiger partial charge in [0.15, 0.2) is 5.76 Å². The molecule has 0 bridgehead atoms. The van der Waals surface area contributed by atoms with Crippen LogP contribution in [0.1, 0.15) is 28.3 Å². The van der Waals surface area contributed by atoms with Gasteiger partial charge >= 0.3 is 0 Å². The molecule has 0 unspecified atom stereocenters. The number of nitrogens with two attached hydrogens (primary N) is 1. The number of rotatable bonds is 6. The number of hydrogen-bond donors (Lipinski definition) is 2. The molecule has 0 fully saturated rings. The van der Waals surface area contributed by atoms with Crippen LogP contribution < -0.4 is 5.73 Å². The molecule has 0 spiro atoms. The summed E-state index contributed by atoms with van der Waals surface area (Å²) in [6.45, 7) is 0.377. The molecular formula is C18H19NO4S. The van der Waals surface area contributed by atoms with E-state index in [9.17, 15) is 4.79 Å². The second-order valence-electron chi connectivity index (χ2n) is 5.59. The van der Waals surface area contributed by atoms with Crippen LogP contribution in [-0.2, 0) is 27.5 Å². The molecule has 126 valence electrons. The number of hydrogen-bond acceptors (Lipinski definition) is 5. The van der Waals surface area contributed by atoms with Gasteiger partial charge in [-0.1, -0.05) is 30.3 Å². The van der Waals surface area contributed by atoms with Crippen LogP contribution in [0.15, 0.2) is 53.6 Å². The Labute approximate surface area is 144 Å². The summed E-state index contributed by atoms with van der Waals surface area (Å²) in [5.74, 6) is -0.375. The first-order valence-electron chi connectivity index (χ1n) is 7.67. The highest BCUT2D eigenvalue weighted by molar-refractivity contribution is 7.10. The van der Waals surface area contributed by atoms with Crippen molar-refractivity contribution in [3.05, 3.63) is 69.6 Å². The first-order valence-corrected chi connectivity index (χ1v) is 8.55. The average molecular weight is 345 g/mol. The third-order valence-corrected chi connectivity index (χ3v) is 4.85. The molecule has 0 radical (unpaired) electrons. The zero-order valence-corrected chi connectivity index (χ0v) is 13.9. The predicted molar refractivity (Wildman–Crippen MR) is 91.0 cm³/mol. The molecule has 3 N–H and O–H groups in total. The van der Waals surface area contributed by atoms with Gasteiger partial charge in [-0.25, -0.2) is 0 Å². The fraction of sp³-hybridized carbons (Fsp3) is 0.278. The van der Waals surface area contributed by atoms with Crippen LogP contribution in [0.5, 0.6) is 0 Å². The molecule has 1 aliphatic heterocycles. The van der Waals surface area contributed by atoms with E-state index in [1.165, 1.54) is 0 Å². The summed E-state index contributed by atoms with van der Waals surface area (Å²) in [6, 6.07) is 11.5. The minimum Gasteiger partial charge on any atom is -0.459 e. The summed E-state index contributed by atoms with van der Waals surface area (Å²) < 4.78 is 11.4. The number of primary amides is 1. The van der Waals surface area contributed by atoms with Crippen molar-refractivity contribution in [3.63, 3.8) is 0 Å². The molecule has 3 rings (SSSR count). The Morgan fingerprint density at radius 2 is 2.04 bits per heavy atom. The molecule has 2 heterocycles. The van der Waals surface area contributed by atoms with E-state index in [1.807, 2.05) is 41.8 Å². The average Bonchev–Trinajstić information content (AvgIpc) is 3.15.